The van der Waals surface area contributed by atoms with Gasteiger partial charge < -0.3 is 5.73 Å². The lowest BCUT2D eigenvalue weighted by Gasteiger charge is -2.11. The summed E-state index contributed by atoms with van der Waals surface area (Å²) in [5.41, 5.74) is 15.9. The molecule has 2 aromatic heterocycles. The third-order valence-electron chi connectivity index (χ3n) is 6.27. The Balaban J connectivity index is 1.57. The van der Waals surface area contributed by atoms with E-state index in [-0.39, 0.29) is 0 Å². The Morgan fingerprint density at radius 1 is 0.886 bits per heavy atom. The molecule has 0 fully saturated rings. The highest BCUT2D eigenvalue weighted by Crippen LogP contribution is 2.41. The molecule has 0 atom stereocenters. The molecule has 0 saturated carbocycles. The molecule has 0 bridgehead atoms. The van der Waals surface area contributed by atoms with Crippen LogP contribution >= 0.6 is 0 Å². The van der Waals surface area contributed by atoms with Gasteiger partial charge in [-0.3, -0.25) is 0 Å². The second-order valence-electron chi connectivity index (χ2n) is 8.74. The third-order valence-corrected chi connectivity index (χ3v) is 6.27. The Labute approximate surface area is 203 Å². The number of rotatable bonds is 4. The van der Waals surface area contributed by atoms with E-state index in [4.69, 9.17) is 10.7 Å². The van der Waals surface area contributed by atoms with Gasteiger partial charge in [0.2, 0.25) is 0 Å². The van der Waals surface area contributed by atoms with E-state index in [0.29, 0.717) is 17.2 Å². The summed E-state index contributed by atoms with van der Waals surface area (Å²) < 4.78 is 1.83. The van der Waals surface area contributed by atoms with Gasteiger partial charge in [0.15, 0.2) is 17.2 Å². The van der Waals surface area contributed by atoms with Crippen LogP contribution in [0.1, 0.15) is 28.8 Å². The standard InChI is InChI=1S/C29H24N6/c1-19-9-8-14-23(17-19)32-33-26-28(30)34-35-27(21-12-6-3-7-13-21)24-16-15-22(25(24)31-29(26)35)18-20-10-4-2-5-11-20/h2-14,17-18H,15-16H2,1H3,(H2,30,34)/b22-18-,33-32?. The molecule has 0 aliphatic heterocycles. The molecule has 0 saturated heterocycles. The number of benzene rings is 3. The van der Waals surface area contributed by atoms with Gasteiger partial charge >= 0.3 is 0 Å². The van der Waals surface area contributed by atoms with Gasteiger partial charge in [-0.2, -0.15) is 5.11 Å². The number of nitrogen functional groups attached to an aromatic ring is 1. The smallest absolute Gasteiger partial charge is 0.186 e. The number of allylic oxidation sites excluding steroid dienone is 1. The predicted molar refractivity (Wildman–Crippen MR) is 141 cm³/mol. The molecule has 1 aliphatic rings. The Morgan fingerprint density at radius 3 is 2.43 bits per heavy atom. The molecule has 0 radical (unpaired) electrons. The fraction of sp³-hybridized carbons (Fsp3) is 0.103. The zero-order valence-electron chi connectivity index (χ0n) is 19.4. The normalized spacial score (nSPS) is 14.3. The van der Waals surface area contributed by atoms with E-state index in [2.05, 4.69) is 57.8 Å². The number of nitrogens with zero attached hydrogens (tertiary/aromatic N) is 5. The van der Waals surface area contributed by atoms with Crippen LogP contribution in [0.3, 0.4) is 0 Å². The summed E-state index contributed by atoms with van der Waals surface area (Å²) in [5.74, 6) is 0.309. The van der Waals surface area contributed by atoms with E-state index in [1.807, 2.05) is 60.0 Å². The van der Waals surface area contributed by atoms with Gasteiger partial charge in [-0.1, -0.05) is 72.8 Å². The fourth-order valence-corrected chi connectivity index (χ4v) is 4.64. The molecule has 6 rings (SSSR count). The van der Waals surface area contributed by atoms with E-state index in [1.165, 1.54) is 11.1 Å². The molecule has 170 valence electrons. The van der Waals surface area contributed by atoms with Crippen LogP contribution in [0.2, 0.25) is 0 Å². The van der Waals surface area contributed by atoms with E-state index >= 15 is 0 Å². The lowest BCUT2D eigenvalue weighted by atomic mass is 10.0. The zero-order valence-corrected chi connectivity index (χ0v) is 19.4. The van der Waals surface area contributed by atoms with Crippen molar-refractivity contribution < 1.29 is 0 Å². The van der Waals surface area contributed by atoms with E-state index in [0.717, 1.165) is 46.6 Å². The Hall–Kier alpha value is -4.58. The van der Waals surface area contributed by atoms with Gasteiger partial charge in [0, 0.05) is 11.1 Å². The summed E-state index contributed by atoms with van der Waals surface area (Å²) in [6.45, 7) is 2.03. The van der Waals surface area contributed by atoms with E-state index in [9.17, 15) is 0 Å². The lowest BCUT2D eigenvalue weighted by molar-refractivity contribution is 0.928. The second kappa shape index (κ2) is 8.65. The number of anilines is 1. The van der Waals surface area contributed by atoms with Gasteiger partial charge in [0.25, 0.3) is 0 Å². The van der Waals surface area contributed by atoms with Gasteiger partial charge in [-0.25, -0.2) is 9.50 Å². The van der Waals surface area contributed by atoms with Crippen LogP contribution in [0.4, 0.5) is 17.2 Å². The van der Waals surface area contributed by atoms with Crippen molar-refractivity contribution >= 4 is 34.5 Å². The number of aromatic nitrogens is 3. The first-order chi connectivity index (χ1) is 17.2. The average Bonchev–Trinajstić information content (AvgIpc) is 3.42. The van der Waals surface area contributed by atoms with Crippen molar-refractivity contribution in [1.82, 2.24) is 14.6 Å². The maximum Gasteiger partial charge on any atom is 0.186 e. The van der Waals surface area contributed by atoms with Crippen molar-refractivity contribution in [2.75, 3.05) is 5.73 Å². The van der Waals surface area contributed by atoms with Crippen LogP contribution in [-0.2, 0) is 6.42 Å². The highest BCUT2D eigenvalue weighted by molar-refractivity contribution is 5.89. The average molecular weight is 457 g/mol. The lowest BCUT2D eigenvalue weighted by Crippen LogP contribution is -2.03. The van der Waals surface area contributed by atoms with E-state index < -0.39 is 0 Å². The van der Waals surface area contributed by atoms with Crippen LogP contribution in [0, 0.1) is 6.92 Å². The summed E-state index contributed by atoms with van der Waals surface area (Å²) in [5, 5.41) is 13.6. The SMILES string of the molecule is Cc1cccc(N=Nc2c(N)nn3c(-c4ccccc4)c4c(nc23)/C(=C\c2ccccc2)CC4)c1. The Morgan fingerprint density at radius 2 is 1.66 bits per heavy atom. The molecular weight excluding hydrogens is 432 g/mol. The monoisotopic (exact) mass is 456 g/mol. The van der Waals surface area contributed by atoms with Gasteiger partial charge in [0.05, 0.1) is 17.1 Å². The Bertz CT molecular complexity index is 1600. The summed E-state index contributed by atoms with van der Waals surface area (Å²) >= 11 is 0. The number of fused-ring (bicyclic) bond motifs is 2. The van der Waals surface area contributed by atoms with Crippen molar-refractivity contribution in [2.45, 2.75) is 19.8 Å². The molecule has 5 aromatic rings. The van der Waals surface area contributed by atoms with Gasteiger partial charge in [-0.05, 0) is 54.7 Å². The molecule has 6 nitrogen and oxygen atoms in total. The molecule has 2 N–H and O–H groups in total. The zero-order chi connectivity index (χ0) is 23.8. The number of hydrogen-bond donors (Lipinski definition) is 1. The first-order valence-corrected chi connectivity index (χ1v) is 11.7. The molecule has 2 heterocycles. The van der Waals surface area contributed by atoms with Gasteiger partial charge in [-0.15, -0.1) is 10.2 Å². The molecular formula is C29H24N6. The van der Waals surface area contributed by atoms with Crippen molar-refractivity contribution in [3.63, 3.8) is 0 Å². The summed E-state index contributed by atoms with van der Waals surface area (Å²) in [6.07, 6.45) is 4.03. The molecule has 3 aromatic carbocycles. The molecule has 35 heavy (non-hydrogen) atoms. The fourth-order valence-electron chi connectivity index (χ4n) is 4.64. The van der Waals surface area contributed by atoms with Crippen molar-refractivity contribution in [3.8, 4) is 11.3 Å². The minimum atomic E-state index is 0.309. The number of aryl methyl sites for hydroxylation is 1. The first-order valence-electron chi connectivity index (χ1n) is 11.7. The summed E-state index contributed by atoms with van der Waals surface area (Å²) in [6, 6.07) is 28.5. The molecule has 6 heteroatoms. The van der Waals surface area contributed by atoms with E-state index in [1.54, 1.807) is 0 Å². The summed E-state index contributed by atoms with van der Waals surface area (Å²) in [4.78, 5) is 5.07. The number of azo groups is 1. The van der Waals surface area contributed by atoms with Gasteiger partial charge in [0.1, 0.15) is 0 Å². The topological polar surface area (TPSA) is 80.9 Å². The highest BCUT2D eigenvalue weighted by Gasteiger charge is 2.27. The maximum atomic E-state index is 6.37. The first kappa shape index (κ1) is 21.0. The molecule has 0 spiro atoms. The largest absolute Gasteiger partial charge is 0.380 e. The molecule has 0 amide bonds. The second-order valence-corrected chi connectivity index (χ2v) is 8.74. The quantitative estimate of drug-likeness (QED) is 0.291. The molecule has 0 unspecified atom stereocenters. The van der Waals surface area contributed by atoms with Crippen molar-refractivity contribution in [1.29, 1.82) is 0 Å². The minimum Gasteiger partial charge on any atom is -0.380 e. The van der Waals surface area contributed by atoms with Crippen LogP contribution in [0.25, 0.3) is 28.6 Å². The number of hydrogen-bond acceptors (Lipinski definition) is 5. The van der Waals surface area contributed by atoms with Crippen LogP contribution in [0.15, 0.2) is 95.2 Å². The third kappa shape index (κ3) is 3.89. The van der Waals surface area contributed by atoms with Crippen LogP contribution in [0.5, 0.6) is 0 Å². The Kier molecular flexibility index (Phi) is 5.19. The highest BCUT2D eigenvalue weighted by atomic mass is 15.3. The number of nitrogens with two attached hydrogens (primary N) is 1. The predicted octanol–water partition coefficient (Wildman–Crippen LogP) is 7.19. The maximum absolute atomic E-state index is 6.37. The van der Waals surface area contributed by atoms with Crippen LogP contribution < -0.4 is 5.73 Å². The van der Waals surface area contributed by atoms with Crippen LogP contribution in [-0.4, -0.2) is 14.6 Å². The van der Waals surface area contributed by atoms with Crippen molar-refractivity contribution in [2.24, 2.45) is 10.2 Å². The minimum absolute atomic E-state index is 0.309. The molecule has 1 aliphatic carbocycles. The van der Waals surface area contributed by atoms with Crippen molar-refractivity contribution in [3.05, 3.63) is 107 Å². The summed E-state index contributed by atoms with van der Waals surface area (Å²) in [7, 11) is 0.